The normalized spacial score (nSPS) is 10.9. The number of rotatable bonds is 6. The monoisotopic (exact) mass is 405 g/mol. The molecule has 0 spiro atoms. The average Bonchev–Trinajstić information content (AvgIpc) is 3.15. The van der Waals surface area contributed by atoms with Gasteiger partial charge in [0.2, 0.25) is 5.91 Å². The second kappa shape index (κ2) is 8.54. The zero-order valence-electron chi connectivity index (χ0n) is 15.4. The van der Waals surface area contributed by atoms with Gasteiger partial charge in [-0.25, -0.2) is 9.97 Å². The van der Waals surface area contributed by atoms with Gasteiger partial charge in [0.1, 0.15) is 15.4 Å². The van der Waals surface area contributed by atoms with Gasteiger partial charge >= 0.3 is 0 Å². The molecule has 1 N–H and O–H groups in total. The lowest BCUT2D eigenvalue weighted by atomic mass is 10.1. The number of thioether (sulfide) groups is 1. The van der Waals surface area contributed by atoms with E-state index < -0.39 is 0 Å². The predicted octanol–water partition coefficient (Wildman–Crippen LogP) is 5.79. The number of carbonyl (C=O) groups excluding carboxylic acids is 1. The lowest BCUT2D eigenvalue weighted by Crippen LogP contribution is -2.13. The predicted molar refractivity (Wildman–Crippen MR) is 118 cm³/mol. The molecule has 0 aliphatic heterocycles. The molecule has 0 radical (unpaired) electrons. The molecule has 2 heterocycles. The van der Waals surface area contributed by atoms with E-state index in [2.05, 4.69) is 27.4 Å². The molecule has 28 heavy (non-hydrogen) atoms. The number of nitrogens with zero attached hydrogens (tertiary/aromatic N) is 2. The molecule has 0 bridgehead atoms. The maximum absolute atomic E-state index is 12.4. The standard InChI is InChI=1S/C22H19N3OS2/c1-15-9-10-16(21-25-18-8-5-12-23-22(18)28-21)14-19(15)24-20(26)11-13-27-17-6-3-2-4-7-17/h2-10,12,14H,11,13H2,1H3,(H,24,26). The van der Waals surface area contributed by atoms with E-state index >= 15 is 0 Å². The van der Waals surface area contributed by atoms with Crippen LogP contribution in [0.1, 0.15) is 12.0 Å². The maximum Gasteiger partial charge on any atom is 0.225 e. The van der Waals surface area contributed by atoms with Crippen molar-refractivity contribution in [2.75, 3.05) is 11.1 Å². The van der Waals surface area contributed by atoms with Crippen molar-refractivity contribution in [1.29, 1.82) is 0 Å². The highest BCUT2D eigenvalue weighted by molar-refractivity contribution is 7.99. The van der Waals surface area contributed by atoms with E-state index in [1.54, 1.807) is 29.3 Å². The number of pyridine rings is 1. The third-order valence-corrected chi connectivity index (χ3v) is 6.31. The van der Waals surface area contributed by atoms with E-state index in [1.165, 1.54) is 4.90 Å². The first-order chi connectivity index (χ1) is 13.7. The summed E-state index contributed by atoms with van der Waals surface area (Å²) in [5.41, 5.74) is 3.75. The van der Waals surface area contributed by atoms with E-state index in [1.807, 2.05) is 55.5 Å². The molecule has 6 heteroatoms. The number of amides is 1. The first-order valence-electron chi connectivity index (χ1n) is 8.99. The Morgan fingerprint density at radius 1 is 1.11 bits per heavy atom. The lowest BCUT2D eigenvalue weighted by molar-refractivity contribution is -0.115. The Bertz CT molecular complexity index is 1080. The Hall–Kier alpha value is -2.70. The summed E-state index contributed by atoms with van der Waals surface area (Å²) in [4.78, 5) is 23.5. The Kier molecular flexibility index (Phi) is 5.69. The molecule has 0 unspecified atom stereocenters. The van der Waals surface area contributed by atoms with E-state index in [-0.39, 0.29) is 5.91 Å². The van der Waals surface area contributed by atoms with Gasteiger partial charge in [-0.3, -0.25) is 4.79 Å². The highest BCUT2D eigenvalue weighted by Crippen LogP contribution is 2.31. The summed E-state index contributed by atoms with van der Waals surface area (Å²) >= 11 is 3.25. The number of hydrogen-bond donors (Lipinski definition) is 1. The van der Waals surface area contributed by atoms with Gasteiger partial charge in [-0.15, -0.1) is 11.8 Å². The van der Waals surface area contributed by atoms with Crippen LogP contribution in [0, 0.1) is 6.92 Å². The third kappa shape index (κ3) is 4.40. The van der Waals surface area contributed by atoms with Gasteiger partial charge in [-0.05, 0) is 42.8 Å². The van der Waals surface area contributed by atoms with Crippen LogP contribution in [0.25, 0.3) is 20.9 Å². The molecule has 4 nitrogen and oxygen atoms in total. The van der Waals surface area contributed by atoms with Crippen LogP contribution in [-0.2, 0) is 4.79 Å². The average molecular weight is 406 g/mol. The number of aryl methyl sites for hydroxylation is 1. The number of carbonyl (C=O) groups is 1. The second-order valence-corrected chi connectivity index (χ2v) is 8.48. The van der Waals surface area contributed by atoms with Crippen molar-refractivity contribution in [2.24, 2.45) is 0 Å². The zero-order chi connectivity index (χ0) is 19.3. The molecule has 0 fully saturated rings. The fourth-order valence-corrected chi connectivity index (χ4v) is 4.55. The van der Waals surface area contributed by atoms with Crippen LogP contribution in [-0.4, -0.2) is 21.6 Å². The Morgan fingerprint density at radius 2 is 1.96 bits per heavy atom. The van der Waals surface area contributed by atoms with Crippen molar-refractivity contribution in [3.8, 4) is 10.6 Å². The van der Waals surface area contributed by atoms with Crippen molar-refractivity contribution in [3.63, 3.8) is 0 Å². The number of fused-ring (bicyclic) bond motifs is 1. The summed E-state index contributed by atoms with van der Waals surface area (Å²) in [7, 11) is 0. The summed E-state index contributed by atoms with van der Waals surface area (Å²) in [6.07, 6.45) is 2.24. The van der Waals surface area contributed by atoms with Crippen molar-refractivity contribution in [3.05, 3.63) is 72.4 Å². The summed E-state index contributed by atoms with van der Waals surface area (Å²) in [5, 5.41) is 3.96. The molecule has 0 aliphatic carbocycles. The molecular formula is C22H19N3OS2. The summed E-state index contributed by atoms with van der Waals surface area (Å²) in [6, 6.07) is 20.0. The summed E-state index contributed by atoms with van der Waals surface area (Å²) < 4.78 is 0. The maximum atomic E-state index is 12.4. The van der Waals surface area contributed by atoms with Gasteiger partial charge in [0, 0.05) is 34.5 Å². The van der Waals surface area contributed by atoms with E-state index in [4.69, 9.17) is 0 Å². The van der Waals surface area contributed by atoms with Crippen LogP contribution in [0.5, 0.6) is 0 Å². The largest absolute Gasteiger partial charge is 0.326 e. The van der Waals surface area contributed by atoms with Crippen molar-refractivity contribution < 1.29 is 4.79 Å². The Labute approximate surface area is 172 Å². The van der Waals surface area contributed by atoms with Gasteiger partial charge < -0.3 is 5.32 Å². The van der Waals surface area contributed by atoms with Gasteiger partial charge in [-0.2, -0.15) is 0 Å². The molecule has 0 saturated heterocycles. The fourth-order valence-electron chi connectivity index (χ4n) is 2.77. The first-order valence-corrected chi connectivity index (χ1v) is 10.8. The molecule has 4 aromatic rings. The molecule has 1 amide bonds. The van der Waals surface area contributed by atoms with E-state index in [0.29, 0.717) is 6.42 Å². The van der Waals surface area contributed by atoms with Crippen LogP contribution in [0.15, 0.2) is 71.8 Å². The number of benzene rings is 2. The fraction of sp³-hybridized carbons (Fsp3) is 0.136. The van der Waals surface area contributed by atoms with Crippen LogP contribution in [0.3, 0.4) is 0 Å². The van der Waals surface area contributed by atoms with Crippen LogP contribution in [0.2, 0.25) is 0 Å². The lowest BCUT2D eigenvalue weighted by Gasteiger charge is -2.10. The van der Waals surface area contributed by atoms with Crippen molar-refractivity contribution in [1.82, 2.24) is 9.97 Å². The SMILES string of the molecule is Cc1ccc(-c2nc3cccnc3s2)cc1NC(=O)CCSc1ccccc1. The minimum Gasteiger partial charge on any atom is -0.326 e. The van der Waals surface area contributed by atoms with Crippen molar-refractivity contribution >= 4 is 45.0 Å². The van der Waals surface area contributed by atoms with Gasteiger partial charge in [0.25, 0.3) is 0 Å². The molecule has 4 rings (SSSR count). The molecular weight excluding hydrogens is 386 g/mol. The highest BCUT2D eigenvalue weighted by atomic mass is 32.2. The van der Waals surface area contributed by atoms with Gasteiger partial charge in [-0.1, -0.05) is 41.7 Å². The van der Waals surface area contributed by atoms with E-state index in [0.717, 1.165) is 37.9 Å². The first kappa shape index (κ1) is 18.7. The molecule has 140 valence electrons. The number of aromatic nitrogens is 2. The molecule has 2 aromatic carbocycles. The number of hydrogen-bond acceptors (Lipinski definition) is 5. The topological polar surface area (TPSA) is 54.9 Å². The molecule has 2 aromatic heterocycles. The molecule has 0 aliphatic rings. The van der Waals surface area contributed by atoms with Gasteiger partial charge in [0.05, 0.1) is 0 Å². The van der Waals surface area contributed by atoms with Crippen LogP contribution in [0.4, 0.5) is 5.69 Å². The van der Waals surface area contributed by atoms with Crippen LogP contribution < -0.4 is 5.32 Å². The number of thiazole rings is 1. The van der Waals surface area contributed by atoms with Crippen molar-refractivity contribution in [2.45, 2.75) is 18.2 Å². The highest BCUT2D eigenvalue weighted by Gasteiger charge is 2.11. The molecule has 0 saturated carbocycles. The third-order valence-electron chi connectivity index (χ3n) is 4.27. The Balaban J connectivity index is 1.44. The summed E-state index contributed by atoms with van der Waals surface area (Å²) in [5.74, 6) is 0.771. The van der Waals surface area contributed by atoms with Gasteiger partial charge in [0.15, 0.2) is 0 Å². The minimum absolute atomic E-state index is 0.0228. The quantitative estimate of drug-likeness (QED) is 0.413. The minimum atomic E-state index is 0.0228. The van der Waals surface area contributed by atoms with E-state index in [9.17, 15) is 4.79 Å². The smallest absolute Gasteiger partial charge is 0.225 e. The number of nitrogens with one attached hydrogen (secondary N) is 1. The Morgan fingerprint density at radius 3 is 2.79 bits per heavy atom. The number of anilines is 1. The van der Waals surface area contributed by atoms with Crippen LogP contribution >= 0.6 is 23.1 Å². The summed E-state index contributed by atoms with van der Waals surface area (Å²) in [6.45, 7) is 2.00. The second-order valence-electron chi connectivity index (χ2n) is 6.34. The zero-order valence-corrected chi connectivity index (χ0v) is 17.0. The molecule has 0 atom stereocenters.